The Hall–Kier alpha value is -2.43. The number of hydrogen-bond acceptors (Lipinski definition) is 2. The highest BCUT2D eigenvalue weighted by atomic mass is 19.1. The minimum Gasteiger partial charge on any atom is -0.370 e. The molecule has 0 aliphatic heterocycles. The van der Waals surface area contributed by atoms with Crippen LogP contribution < -0.4 is 11.1 Å². The van der Waals surface area contributed by atoms with E-state index in [1.165, 1.54) is 6.07 Å². The number of rotatable bonds is 3. The molecule has 0 amide bonds. The second kappa shape index (κ2) is 5.91. The normalized spacial score (nSPS) is 21.7. The zero-order valence-electron chi connectivity index (χ0n) is 11.5. The van der Waals surface area contributed by atoms with Crippen molar-refractivity contribution in [1.29, 1.82) is 0 Å². The van der Waals surface area contributed by atoms with Crippen LogP contribution in [0.25, 0.3) is 0 Å². The predicted molar refractivity (Wildman–Crippen MR) is 81.6 cm³/mol. The van der Waals surface area contributed by atoms with E-state index in [2.05, 4.69) is 15.3 Å². The van der Waals surface area contributed by atoms with Crippen molar-refractivity contribution >= 4 is 11.8 Å². The molecule has 1 aliphatic rings. The number of hydrogen-bond donors (Lipinski definition) is 2. The van der Waals surface area contributed by atoms with Gasteiger partial charge in [-0.1, -0.05) is 18.2 Å². The molecular formula is C16H17FN4. The first-order valence-electron chi connectivity index (χ1n) is 6.97. The summed E-state index contributed by atoms with van der Waals surface area (Å²) >= 11 is 0. The third kappa shape index (κ3) is 3.37. The zero-order chi connectivity index (χ0) is 14.7. The van der Waals surface area contributed by atoms with Crippen LogP contribution in [0.15, 0.2) is 53.7 Å². The van der Waals surface area contributed by atoms with Gasteiger partial charge in [0.05, 0.1) is 6.04 Å². The predicted octanol–water partition coefficient (Wildman–Crippen LogP) is 2.89. The van der Waals surface area contributed by atoms with Crippen LogP contribution in [0, 0.1) is 5.82 Å². The van der Waals surface area contributed by atoms with E-state index in [0.717, 1.165) is 18.4 Å². The molecule has 3 rings (SSSR count). The minimum absolute atomic E-state index is 0.184. The van der Waals surface area contributed by atoms with E-state index >= 15 is 0 Å². The van der Waals surface area contributed by atoms with Crippen LogP contribution in [0.1, 0.15) is 24.3 Å². The van der Waals surface area contributed by atoms with Crippen molar-refractivity contribution in [1.82, 2.24) is 4.98 Å². The number of halogens is 1. The zero-order valence-corrected chi connectivity index (χ0v) is 11.5. The SMILES string of the molecule is NC(=NC1CC(c2cccc(F)c2)C1)Nc1ccccn1. The standard InChI is InChI=1S/C16H17FN4/c17-13-5-3-4-11(8-13)12-9-14(10-12)20-16(18)21-15-6-1-2-7-19-15/h1-8,12,14H,9-10H2,(H3,18,19,20,21). The molecule has 1 aromatic heterocycles. The highest BCUT2D eigenvalue weighted by molar-refractivity contribution is 5.91. The molecule has 1 fully saturated rings. The van der Waals surface area contributed by atoms with Crippen LogP contribution in [-0.2, 0) is 0 Å². The molecule has 0 atom stereocenters. The number of nitrogens with zero attached hydrogens (tertiary/aromatic N) is 2. The quantitative estimate of drug-likeness (QED) is 0.673. The summed E-state index contributed by atoms with van der Waals surface area (Å²) in [6.45, 7) is 0. The maximum Gasteiger partial charge on any atom is 0.194 e. The molecule has 1 aromatic carbocycles. The molecule has 0 radical (unpaired) electrons. The summed E-state index contributed by atoms with van der Waals surface area (Å²) < 4.78 is 13.2. The Morgan fingerprint density at radius 3 is 2.81 bits per heavy atom. The minimum atomic E-state index is -0.184. The summed E-state index contributed by atoms with van der Waals surface area (Å²) in [7, 11) is 0. The molecule has 108 valence electrons. The Balaban J connectivity index is 1.55. The van der Waals surface area contributed by atoms with Gasteiger partial charge in [-0.05, 0) is 48.6 Å². The fraction of sp³-hybridized carbons (Fsp3) is 0.250. The van der Waals surface area contributed by atoms with Crippen molar-refractivity contribution in [2.75, 3.05) is 5.32 Å². The average Bonchev–Trinajstić information content (AvgIpc) is 2.43. The molecule has 0 spiro atoms. The lowest BCUT2D eigenvalue weighted by Crippen LogP contribution is -2.31. The summed E-state index contributed by atoms with van der Waals surface area (Å²) in [5.41, 5.74) is 6.90. The van der Waals surface area contributed by atoms with E-state index in [1.54, 1.807) is 18.3 Å². The fourth-order valence-corrected chi connectivity index (χ4v) is 2.52. The van der Waals surface area contributed by atoms with Crippen LogP contribution in [0.3, 0.4) is 0 Å². The van der Waals surface area contributed by atoms with Gasteiger partial charge in [0.15, 0.2) is 5.96 Å². The van der Waals surface area contributed by atoms with E-state index < -0.39 is 0 Å². The third-order valence-corrected chi connectivity index (χ3v) is 3.68. The molecule has 4 nitrogen and oxygen atoms in total. The van der Waals surface area contributed by atoms with E-state index in [0.29, 0.717) is 17.7 Å². The van der Waals surface area contributed by atoms with Crippen LogP contribution in [-0.4, -0.2) is 17.0 Å². The summed E-state index contributed by atoms with van der Waals surface area (Å²) in [5, 5.41) is 2.96. The number of nitrogens with two attached hydrogens (primary N) is 1. The molecule has 0 bridgehead atoms. The average molecular weight is 284 g/mol. The highest BCUT2D eigenvalue weighted by Crippen LogP contribution is 2.38. The van der Waals surface area contributed by atoms with Crippen molar-refractivity contribution in [2.24, 2.45) is 10.7 Å². The van der Waals surface area contributed by atoms with Gasteiger partial charge >= 0.3 is 0 Å². The van der Waals surface area contributed by atoms with E-state index in [-0.39, 0.29) is 11.9 Å². The number of pyridine rings is 1. The van der Waals surface area contributed by atoms with Gasteiger partial charge in [0, 0.05) is 6.20 Å². The lowest BCUT2D eigenvalue weighted by Gasteiger charge is -2.33. The number of anilines is 1. The van der Waals surface area contributed by atoms with Crippen LogP contribution in [0.4, 0.5) is 10.2 Å². The summed E-state index contributed by atoms with van der Waals surface area (Å²) in [4.78, 5) is 8.55. The van der Waals surface area contributed by atoms with Crippen molar-refractivity contribution in [3.8, 4) is 0 Å². The van der Waals surface area contributed by atoms with Crippen molar-refractivity contribution in [2.45, 2.75) is 24.8 Å². The topological polar surface area (TPSA) is 63.3 Å². The van der Waals surface area contributed by atoms with Gasteiger partial charge < -0.3 is 11.1 Å². The molecule has 0 saturated heterocycles. The maximum absolute atomic E-state index is 13.2. The lowest BCUT2D eigenvalue weighted by molar-refractivity contribution is 0.352. The number of aromatic nitrogens is 1. The Kier molecular flexibility index (Phi) is 3.81. The molecule has 2 aromatic rings. The van der Waals surface area contributed by atoms with Gasteiger partial charge in [0.2, 0.25) is 0 Å². The van der Waals surface area contributed by atoms with E-state index in [1.807, 2.05) is 24.3 Å². The number of aliphatic imine (C=N–C) groups is 1. The van der Waals surface area contributed by atoms with Gasteiger partial charge in [0.1, 0.15) is 11.6 Å². The first kappa shape index (κ1) is 13.5. The Morgan fingerprint density at radius 2 is 2.10 bits per heavy atom. The van der Waals surface area contributed by atoms with Crippen molar-refractivity contribution < 1.29 is 4.39 Å². The van der Waals surface area contributed by atoms with Crippen LogP contribution in [0.5, 0.6) is 0 Å². The molecule has 1 aliphatic carbocycles. The smallest absolute Gasteiger partial charge is 0.194 e. The van der Waals surface area contributed by atoms with Gasteiger partial charge in [0.25, 0.3) is 0 Å². The molecule has 5 heteroatoms. The molecule has 1 heterocycles. The van der Waals surface area contributed by atoms with Crippen molar-refractivity contribution in [3.63, 3.8) is 0 Å². The Bertz CT molecular complexity index is 636. The second-order valence-corrected chi connectivity index (χ2v) is 5.23. The molecule has 21 heavy (non-hydrogen) atoms. The number of guanidine groups is 1. The Labute approximate surface area is 122 Å². The summed E-state index contributed by atoms with van der Waals surface area (Å²) in [6.07, 6.45) is 3.49. The Morgan fingerprint density at radius 1 is 1.24 bits per heavy atom. The van der Waals surface area contributed by atoms with E-state index in [9.17, 15) is 4.39 Å². The number of nitrogens with one attached hydrogen (secondary N) is 1. The molecule has 3 N–H and O–H groups in total. The lowest BCUT2D eigenvalue weighted by atomic mass is 9.76. The van der Waals surface area contributed by atoms with Gasteiger partial charge in [-0.25, -0.2) is 14.4 Å². The number of benzene rings is 1. The van der Waals surface area contributed by atoms with Crippen molar-refractivity contribution in [3.05, 3.63) is 60.0 Å². The van der Waals surface area contributed by atoms with Crippen LogP contribution in [0.2, 0.25) is 0 Å². The highest BCUT2D eigenvalue weighted by Gasteiger charge is 2.30. The largest absolute Gasteiger partial charge is 0.370 e. The third-order valence-electron chi connectivity index (χ3n) is 3.68. The first-order chi connectivity index (χ1) is 10.2. The summed E-state index contributed by atoms with van der Waals surface area (Å²) in [6, 6.07) is 12.5. The van der Waals surface area contributed by atoms with Gasteiger partial charge in [-0.2, -0.15) is 0 Å². The summed E-state index contributed by atoms with van der Waals surface area (Å²) in [5.74, 6) is 1.24. The van der Waals surface area contributed by atoms with Gasteiger partial charge in [-0.15, -0.1) is 0 Å². The van der Waals surface area contributed by atoms with Gasteiger partial charge in [-0.3, -0.25) is 0 Å². The molecule has 1 saturated carbocycles. The molecule has 0 unspecified atom stereocenters. The van der Waals surface area contributed by atoms with Crippen LogP contribution >= 0.6 is 0 Å². The maximum atomic E-state index is 13.2. The van der Waals surface area contributed by atoms with E-state index in [4.69, 9.17) is 5.73 Å². The fourth-order valence-electron chi connectivity index (χ4n) is 2.52. The monoisotopic (exact) mass is 284 g/mol. The molecular weight excluding hydrogens is 267 g/mol. The first-order valence-corrected chi connectivity index (χ1v) is 6.97. The second-order valence-electron chi connectivity index (χ2n) is 5.23.